The van der Waals surface area contributed by atoms with Crippen LogP contribution in [0.5, 0.6) is 5.75 Å². The van der Waals surface area contributed by atoms with Crippen LogP contribution >= 0.6 is 0 Å². The number of aryl methyl sites for hydroxylation is 2. The molecule has 4 aromatic rings. The zero-order chi connectivity index (χ0) is 25.5. The molecular formula is C22H22F3N7O3. The molecule has 1 aliphatic heterocycles. The van der Waals surface area contributed by atoms with E-state index in [1.54, 1.807) is 10.9 Å². The van der Waals surface area contributed by atoms with Gasteiger partial charge in [0.05, 0.1) is 23.0 Å². The monoisotopic (exact) mass is 489 g/mol. The topological polar surface area (TPSA) is 143 Å². The van der Waals surface area contributed by atoms with Gasteiger partial charge in [-0.25, -0.2) is 19.7 Å². The highest BCUT2D eigenvalue weighted by molar-refractivity contribution is 5.90. The summed E-state index contributed by atoms with van der Waals surface area (Å²) in [6.45, 7) is 3.62. The lowest BCUT2D eigenvalue weighted by atomic mass is 10.1. The van der Waals surface area contributed by atoms with E-state index in [0.717, 1.165) is 41.5 Å². The summed E-state index contributed by atoms with van der Waals surface area (Å²) in [6.07, 6.45) is 1.40. The number of carboxylic acid groups (broad SMARTS) is 1. The number of carboxylic acids is 1. The SMILES string of the molecule is Cc1c(O)c(-c2ncc3cc(N4CCC(N)C4)cnc3n2)cc2cn(C)nc12.O=C(O)C(F)(F)F. The Morgan fingerprint density at radius 3 is 2.54 bits per heavy atom. The number of aromatic nitrogens is 5. The molecule has 4 N–H and O–H groups in total. The van der Waals surface area contributed by atoms with Crippen molar-refractivity contribution in [1.29, 1.82) is 0 Å². The zero-order valence-corrected chi connectivity index (χ0v) is 18.8. The third kappa shape index (κ3) is 4.94. The number of rotatable bonds is 2. The fraction of sp³-hybridized carbons (Fsp3) is 0.318. The van der Waals surface area contributed by atoms with Crippen molar-refractivity contribution in [3.8, 4) is 17.1 Å². The summed E-state index contributed by atoms with van der Waals surface area (Å²) in [4.78, 5) is 24.7. The van der Waals surface area contributed by atoms with Gasteiger partial charge in [0.25, 0.3) is 0 Å². The van der Waals surface area contributed by atoms with Gasteiger partial charge in [0.15, 0.2) is 11.5 Å². The number of anilines is 1. The van der Waals surface area contributed by atoms with Crippen LogP contribution in [-0.2, 0) is 11.8 Å². The molecule has 1 aromatic carbocycles. The van der Waals surface area contributed by atoms with E-state index in [0.29, 0.717) is 22.6 Å². The highest BCUT2D eigenvalue weighted by atomic mass is 19.4. The van der Waals surface area contributed by atoms with Crippen LogP contribution in [0.2, 0.25) is 0 Å². The Morgan fingerprint density at radius 1 is 1.20 bits per heavy atom. The van der Waals surface area contributed by atoms with E-state index < -0.39 is 12.1 Å². The van der Waals surface area contributed by atoms with Crippen molar-refractivity contribution in [2.75, 3.05) is 18.0 Å². The van der Waals surface area contributed by atoms with Gasteiger partial charge in [-0.2, -0.15) is 18.3 Å². The van der Waals surface area contributed by atoms with Crippen LogP contribution in [0, 0.1) is 6.92 Å². The number of nitrogens with zero attached hydrogens (tertiary/aromatic N) is 6. The molecule has 1 fully saturated rings. The molecule has 0 spiro atoms. The number of carbonyl (C=O) groups is 1. The highest BCUT2D eigenvalue weighted by Crippen LogP contribution is 2.35. The van der Waals surface area contributed by atoms with Crippen LogP contribution in [0.15, 0.2) is 30.7 Å². The van der Waals surface area contributed by atoms with E-state index >= 15 is 0 Å². The third-order valence-electron chi connectivity index (χ3n) is 5.61. The minimum atomic E-state index is -5.08. The third-order valence-corrected chi connectivity index (χ3v) is 5.61. The lowest BCUT2D eigenvalue weighted by molar-refractivity contribution is -0.192. The van der Waals surface area contributed by atoms with Gasteiger partial charge < -0.3 is 20.8 Å². The molecular weight excluding hydrogens is 467 g/mol. The van der Waals surface area contributed by atoms with Gasteiger partial charge in [0.1, 0.15) is 5.75 Å². The summed E-state index contributed by atoms with van der Waals surface area (Å²) in [5, 5.41) is 24.0. The maximum absolute atomic E-state index is 10.7. The van der Waals surface area contributed by atoms with Gasteiger partial charge in [-0.05, 0) is 25.5 Å². The Hall–Kier alpha value is -4.00. The van der Waals surface area contributed by atoms with Crippen LogP contribution in [0.4, 0.5) is 18.9 Å². The first-order chi connectivity index (χ1) is 16.4. The highest BCUT2D eigenvalue weighted by Gasteiger charge is 2.38. The second-order valence-corrected chi connectivity index (χ2v) is 8.24. The lowest BCUT2D eigenvalue weighted by Gasteiger charge is -2.17. The first-order valence-electron chi connectivity index (χ1n) is 10.5. The first-order valence-corrected chi connectivity index (χ1v) is 10.5. The average molecular weight is 489 g/mol. The number of pyridine rings is 1. The van der Waals surface area contributed by atoms with Crippen molar-refractivity contribution in [2.24, 2.45) is 12.8 Å². The van der Waals surface area contributed by atoms with Crippen molar-refractivity contribution < 1.29 is 28.2 Å². The van der Waals surface area contributed by atoms with Crippen LogP contribution in [0.1, 0.15) is 12.0 Å². The largest absolute Gasteiger partial charge is 0.507 e. The van der Waals surface area contributed by atoms with Crippen LogP contribution in [0.25, 0.3) is 33.3 Å². The molecule has 35 heavy (non-hydrogen) atoms. The van der Waals surface area contributed by atoms with Crippen LogP contribution in [-0.4, -0.2) is 66.2 Å². The summed E-state index contributed by atoms with van der Waals surface area (Å²) >= 11 is 0. The number of halogens is 3. The van der Waals surface area contributed by atoms with E-state index in [-0.39, 0.29) is 11.8 Å². The Bertz CT molecular complexity index is 1420. The second kappa shape index (κ2) is 8.98. The van der Waals surface area contributed by atoms with Gasteiger partial charge in [0.2, 0.25) is 0 Å². The minimum Gasteiger partial charge on any atom is -0.507 e. The Kier molecular flexibility index (Phi) is 6.19. The number of nitrogens with two attached hydrogens (primary N) is 1. The fourth-order valence-corrected chi connectivity index (χ4v) is 3.85. The smallest absolute Gasteiger partial charge is 0.490 e. The summed E-state index contributed by atoms with van der Waals surface area (Å²) in [5.41, 5.74) is 9.71. The number of alkyl halides is 3. The van der Waals surface area contributed by atoms with E-state index in [2.05, 4.69) is 25.0 Å². The molecule has 1 atom stereocenters. The molecule has 3 aromatic heterocycles. The van der Waals surface area contributed by atoms with Gasteiger partial charge in [-0.3, -0.25) is 4.68 Å². The second-order valence-electron chi connectivity index (χ2n) is 8.24. The van der Waals surface area contributed by atoms with Crippen LogP contribution < -0.4 is 10.6 Å². The van der Waals surface area contributed by atoms with E-state index in [4.69, 9.17) is 15.6 Å². The fourth-order valence-electron chi connectivity index (χ4n) is 3.85. The van der Waals surface area contributed by atoms with Crippen molar-refractivity contribution in [2.45, 2.75) is 25.6 Å². The van der Waals surface area contributed by atoms with Crippen molar-refractivity contribution in [3.63, 3.8) is 0 Å². The Labute approximate surface area is 196 Å². The number of hydrogen-bond donors (Lipinski definition) is 3. The summed E-state index contributed by atoms with van der Waals surface area (Å²) in [6, 6.07) is 4.12. The molecule has 1 unspecified atom stereocenters. The van der Waals surface area contributed by atoms with Gasteiger partial charge in [-0.1, -0.05) is 0 Å². The molecule has 0 aliphatic carbocycles. The van der Waals surface area contributed by atoms with Gasteiger partial charge in [-0.15, -0.1) is 0 Å². The predicted molar refractivity (Wildman–Crippen MR) is 122 cm³/mol. The standard InChI is InChI=1S/C20H21N7O.C2HF3O2/c1-11-17-13(9-26(2)25-17)6-16(18(11)28)20-22-7-12-5-15(8-23-19(12)24-20)27-4-3-14(21)10-27;3-2(4,5)1(6)7/h5-9,14,28H,3-4,10,21H2,1-2H3;(H,6,7). The average Bonchev–Trinajstić information content (AvgIpc) is 3.40. The molecule has 0 radical (unpaired) electrons. The number of benzene rings is 1. The molecule has 1 saturated heterocycles. The number of phenols is 1. The summed E-state index contributed by atoms with van der Waals surface area (Å²) < 4.78 is 33.5. The lowest BCUT2D eigenvalue weighted by Crippen LogP contribution is -2.26. The Morgan fingerprint density at radius 2 is 1.91 bits per heavy atom. The van der Waals surface area contributed by atoms with Crippen molar-refractivity contribution in [1.82, 2.24) is 24.7 Å². The van der Waals surface area contributed by atoms with Crippen LogP contribution in [0.3, 0.4) is 0 Å². The van der Waals surface area contributed by atoms with Crippen molar-refractivity contribution >= 4 is 33.6 Å². The molecule has 5 rings (SSSR count). The maximum Gasteiger partial charge on any atom is 0.490 e. The number of fused-ring (bicyclic) bond motifs is 2. The molecule has 0 amide bonds. The molecule has 1 aliphatic rings. The summed E-state index contributed by atoms with van der Waals surface area (Å²) in [5.74, 6) is -2.16. The zero-order valence-electron chi connectivity index (χ0n) is 18.8. The number of aliphatic carboxylic acids is 1. The minimum absolute atomic E-state index is 0.147. The summed E-state index contributed by atoms with van der Waals surface area (Å²) in [7, 11) is 1.86. The number of aromatic hydroxyl groups is 1. The van der Waals surface area contributed by atoms with Crippen molar-refractivity contribution in [3.05, 3.63) is 36.3 Å². The Balaban J connectivity index is 0.000000364. The maximum atomic E-state index is 10.7. The molecule has 0 saturated carbocycles. The van der Waals surface area contributed by atoms with E-state index in [1.807, 2.05) is 38.5 Å². The molecule has 0 bridgehead atoms. The number of phenolic OH excluding ortho intramolecular Hbond substituents is 1. The molecule has 13 heteroatoms. The van der Waals surface area contributed by atoms with E-state index in [9.17, 15) is 18.3 Å². The normalized spacial score (nSPS) is 15.9. The van der Waals surface area contributed by atoms with E-state index in [1.165, 1.54) is 0 Å². The first kappa shape index (κ1) is 24.1. The molecule has 10 nitrogen and oxygen atoms in total. The van der Waals surface area contributed by atoms with Gasteiger partial charge >= 0.3 is 12.1 Å². The molecule has 4 heterocycles. The predicted octanol–water partition coefficient (Wildman–Crippen LogP) is 2.76. The number of hydrogen-bond acceptors (Lipinski definition) is 8. The van der Waals surface area contributed by atoms with Gasteiger partial charge in [0, 0.05) is 54.9 Å². The quantitative estimate of drug-likeness (QED) is 0.387. The molecule has 184 valence electrons.